The van der Waals surface area contributed by atoms with Gasteiger partial charge >= 0.3 is 6.03 Å². The fourth-order valence-electron chi connectivity index (χ4n) is 2.17. The molecule has 2 amide bonds. The number of halogens is 1. The number of carbonyl (C=O) groups is 1. The molecule has 0 aliphatic carbocycles. The van der Waals surface area contributed by atoms with E-state index in [1.807, 2.05) is 31.2 Å². The Morgan fingerprint density at radius 1 is 1.21 bits per heavy atom. The van der Waals surface area contributed by atoms with Gasteiger partial charge in [-0.15, -0.1) is 0 Å². The summed E-state index contributed by atoms with van der Waals surface area (Å²) in [5.74, 6) is 1.65. The lowest BCUT2D eigenvalue weighted by Crippen LogP contribution is -2.26. The molecule has 0 aliphatic rings. The minimum atomic E-state index is -0.421. The van der Waals surface area contributed by atoms with Gasteiger partial charge in [-0.1, -0.05) is 41.2 Å². The topological polar surface area (TPSA) is 81.2 Å². The lowest BCUT2D eigenvalue weighted by Gasteiger charge is -2.14. The lowest BCUT2D eigenvalue weighted by atomic mass is 10.2. The third kappa shape index (κ3) is 6.86. The number of aryl methyl sites for hydroxylation is 1. The molecule has 2 rings (SSSR count). The van der Waals surface area contributed by atoms with Crippen LogP contribution in [0.3, 0.4) is 0 Å². The van der Waals surface area contributed by atoms with Crippen molar-refractivity contribution in [2.75, 3.05) is 26.6 Å². The van der Waals surface area contributed by atoms with Crippen LogP contribution in [0.2, 0.25) is 5.02 Å². The maximum absolute atomic E-state index is 11.3. The zero-order valence-corrected chi connectivity index (χ0v) is 17.4. The summed E-state index contributed by atoms with van der Waals surface area (Å²) in [6.45, 7) is 2.68. The molecule has 0 unspecified atom stereocenters. The minimum Gasteiger partial charge on any atom is -0.493 e. The zero-order chi connectivity index (χ0) is 20.4. The van der Waals surface area contributed by atoms with Gasteiger partial charge in [-0.25, -0.2) is 10.2 Å². The molecule has 0 aromatic heterocycles. The monoisotopic (exact) mass is 423 g/mol. The van der Waals surface area contributed by atoms with Gasteiger partial charge in [0.2, 0.25) is 0 Å². The van der Waals surface area contributed by atoms with E-state index in [0.29, 0.717) is 35.3 Å². The highest BCUT2D eigenvalue weighted by Gasteiger charge is 2.12. The second-order valence-corrected chi connectivity index (χ2v) is 6.57. The van der Waals surface area contributed by atoms with E-state index < -0.39 is 6.03 Å². The van der Waals surface area contributed by atoms with E-state index in [1.165, 1.54) is 30.8 Å². The average Bonchev–Trinajstić information content (AvgIpc) is 2.67. The highest BCUT2D eigenvalue weighted by Crippen LogP contribution is 2.36. The summed E-state index contributed by atoms with van der Waals surface area (Å²) in [4.78, 5) is 11.3. The number of carbonyl (C=O) groups excluding carboxylic acids is 1. The van der Waals surface area contributed by atoms with Gasteiger partial charge in [0.1, 0.15) is 19.0 Å². The van der Waals surface area contributed by atoms with Gasteiger partial charge in [-0.3, -0.25) is 4.72 Å². The van der Waals surface area contributed by atoms with Crippen LogP contribution < -0.4 is 24.4 Å². The SMILES string of the molecule is COc1cc(/C=N/NC(=O)NSC)cc(Cl)c1OCCOc1ccc(C)cc1. The van der Waals surface area contributed by atoms with E-state index in [9.17, 15) is 4.79 Å². The maximum Gasteiger partial charge on any atom is 0.345 e. The summed E-state index contributed by atoms with van der Waals surface area (Å²) >= 11 is 7.48. The number of hydrogen-bond acceptors (Lipinski definition) is 6. The third-order valence-electron chi connectivity index (χ3n) is 3.45. The van der Waals surface area contributed by atoms with Crippen molar-refractivity contribution < 1.29 is 19.0 Å². The average molecular weight is 424 g/mol. The Hall–Kier alpha value is -2.58. The molecule has 0 saturated carbocycles. The predicted octanol–water partition coefficient (Wildman–Crippen LogP) is 4.03. The third-order valence-corrected chi connectivity index (χ3v) is 4.12. The first-order valence-electron chi connectivity index (χ1n) is 8.35. The number of ether oxygens (including phenoxy) is 3. The van der Waals surface area contributed by atoms with E-state index in [-0.39, 0.29) is 0 Å². The molecule has 2 N–H and O–H groups in total. The first kappa shape index (κ1) is 21.7. The Morgan fingerprint density at radius 2 is 1.93 bits per heavy atom. The number of methoxy groups -OCH3 is 1. The molecule has 0 fully saturated rings. The molecule has 7 nitrogen and oxygen atoms in total. The van der Waals surface area contributed by atoms with Gasteiger partial charge in [0.15, 0.2) is 11.5 Å². The lowest BCUT2D eigenvalue weighted by molar-refractivity contribution is 0.211. The highest BCUT2D eigenvalue weighted by molar-refractivity contribution is 7.97. The molecule has 0 saturated heterocycles. The number of hydrogen-bond donors (Lipinski definition) is 2. The van der Waals surface area contributed by atoms with Crippen LogP contribution in [-0.4, -0.2) is 38.8 Å². The number of benzene rings is 2. The largest absolute Gasteiger partial charge is 0.493 e. The minimum absolute atomic E-state index is 0.299. The molecule has 0 radical (unpaired) electrons. The number of hydrazone groups is 1. The van der Waals surface area contributed by atoms with E-state index >= 15 is 0 Å². The normalized spacial score (nSPS) is 10.6. The molecule has 0 bridgehead atoms. The fraction of sp³-hybridized carbons (Fsp3) is 0.263. The van der Waals surface area contributed by atoms with Gasteiger partial charge < -0.3 is 14.2 Å². The molecular formula is C19H22ClN3O4S. The van der Waals surface area contributed by atoms with Gasteiger partial charge in [0, 0.05) is 6.26 Å². The van der Waals surface area contributed by atoms with Crippen LogP contribution in [-0.2, 0) is 0 Å². The van der Waals surface area contributed by atoms with Crippen molar-refractivity contribution in [3.8, 4) is 17.2 Å². The first-order chi connectivity index (χ1) is 13.5. The van der Waals surface area contributed by atoms with Crippen molar-refractivity contribution in [2.45, 2.75) is 6.92 Å². The molecule has 0 heterocycles. The van der Waals surface area contributed by atoms with Crippen LogP contribution in [0.25, 0.3) is 0 Å². The van der Waals surface area contributed by atoms with Crippen molar-refractivity contribution in [1.29, 1.82) is 0 Å². The molecule has 0 aliphatic heterocycles. The number of urea groups is 1. The zero-order valence-electron chi connectivity index (χ0n) is 15.8. The van der Waals surface area contributed by atoms with E-state index in [2.05, 4.69) is 15.2 Å². The molecule has 150 valence electrons. The smallest absolute Gasteiger partial charge is 0.345 e. The maximum atomic E-state index is 11.3. The number of amides is 2. The molecular weight excluding hydrogens is 402 g/mol. The van der Waals surface area contributed by atoms with Gasteiger partial charge in [-0.2, -0.15) is 5.10 Å². The Morgan fingerprint density at radius 3 is 2.61 bits per heavy atom. The van der Waals surface area contributed by atoms with Crippen LogP contribution in [0.5, 0.6) is 17.2 Å². The highest BCUT2D eigenvalue weighted by atomic mass is 35.5. The van der Waals surface area contributed by atoms with E-state index in [4.69, 9.17) is 25.8 Å². The summed E-state index contributed by atoms with van der Waals surface area (Å²) < 4.78 is 19.2. The standard InChI is InChI=1S/C19H22ClN3O4S/c1-13-4-6-15(7-5-13)26-8-9-27-18-16(20)10-14(11-17(18)25-2)12-21-22-19(24)23-28-3/h4-7,10-12H,8-9H2,1-3H3,(H2,22,23,24)/b21-12+. The first-order valence-corrected chi connectivity index (χ1v) is 9.95. The summed E-state index contributed by atoms with van der Waals surface area (Å²) in [5, 5.41) is 4.21. The predicted molar refractivity (Wildman–Crippen MR) is 113 cm³/mol. The van der Waals surface area contributed by atoms with Crippen molar-refractivity contribution in [3.05, 3.63) is 52.5 Å². The fourth-order valence-corrected chi connectivity index (χ4v) is 2.68. The van der Waals surface area contributed by atoms with Crippen LogP contribution in [0.15, 0.2) is 41.5 Å². The van der Waals surface area contributed by atoms with Crippen molar-refractivity contribution in [2.24, 2.45) is 5.10 Å². The summed E-state index contributed by atoms with van der Waals surface area (Å²) in [6, 6.07) is 10.7. The molecule has 2 aromatic carbocycles. The van der Waals surface area contributed by atoms with Gasteiger partial charge in [0.05, 0.1) is 18.3 Å². The van der Waals surface area contributed by atoms with Crippen LogP contribution >= 0.6 is 23.5 Å². The molecule has 0 spiro atoms. The van der Waals surface area contributed by atoms with Gasteiger partial charge in [0.25, 0.3) is 0 Å². The van der Waals surface area contributed by atoms with Crippen molar-refractivity contribution in [1.82, 2.24) is 10.1 Å². The Balaban J connectivity index is 1.93. The quantitative estimate of drug-likeness (QED) is 0.275. The Kier molecular flexibility index (Phi) is 8.77. The molecule has 2 aromatic rings. The number of rotatable bonds is 9. The molecule has 9 heteroatoms. The second kappa shape index (κ2) is 11.3. The molecule has 28 heavy (non-hydrogen) atoms. The van der Waals surface area contributed by atoms with Crippen molar-refractivity contribution >= 4 is 35.8 Å². The Labute approximate surface area is 173 Å². The summed E-state index contributed by atoms with van der Waals surface area (Å²) in [5.41, 5.74) is 4.15. The van der Waals surface area contributed by atoms with Crippen LogP contribution in [0.1, 0.15) is 11.1 Å². The summed E-state index contributed by atoms with van der Waals surface area (Å²) in [7, 11) is 1.52. The molecule has 0 atom stereocenters. The van der Waals surface area contributed by atoms with Crippen LogP contribution in [0.4, 0.5) is 4.79 Å². The Bertz CT molecular complexity index is 816. The number of nitrogens with one attached hydrogen (secondary N) is 2. The van der Waals surface area contributed by atoms with E-state index in [0.717, 1.165) is 5.75 Å². The summed E-state index contributed by atoms with van der Waals surface area (Å²) in [6.07, 6.45) is 3.19. The second-order valence-electron chi connectivity index (χ2n) is 5.55. The van der Waals surface area contributed by atoms with Gasteiger partial charge in [-0.05, 0) is 36.8 Å². The van der Waals surface area contributed by atoms with E-state index in [1.54, 1.807) is 18.4 Å². The number of nitrogens with zero attached hydrogens (tertiary/aromatic N) is 1. The van der Waals surface area contributed by atoms with Crippen molar-refractivity contribution in [3.63, 3.8) is 0 Å². The van der Waals surface area contributed by atoms with Crippen LogP contribution in [0, 0.1) is 6.92 Å².